The summed E-state index contributed by atoms with van der Waals surface area (Å²) >= 11 is 5.23. The molecule has 2 aromatic rings. The number of hydrogen-bond donors (Lipinski definition) is 2. The number of rotatable bonds is 3. The van der Waals surface area contributed by atoms with Gasteiger partial charge in [-0.1, -0.05) is 15.9 Å². The predicted molar refractivity (Wildman–Crippen MR) is 89.9 cm³/mol. The first-order chi connectivity index (χ1) is 10.1. The summed E-state index contributed by atoms with van der Waals surface area (Å²) in [6.45, 7) is 3.77. The van der Waals surface area contributed by atoms with Gasteiger partial charge in [0.2, 0.25) is 0 Å². The van der Waals surface area contributed by atoms with Crippen LogP contribution in [0, 0.1) is 0 Å². The lowest BCUT2D eigenvalue weighted by Gasteiger charge is -2.29. The lowest BCUT2D eigenvalue weighted by atomic mass is 10.0. The van der Waals surface area contributed by atoms with Crippen molar-refractivity contribution in [2.24, 2.45) is 0 Å². The van der Waals surface area contributed by atoms with Crippen molar-refractivity contribution in [1.29, 1.82) is 0 Å². The highest BCUT2D eigenvalue weighted by Crippen LogP contribution is 2.24. The Morgan fingerprint density at radius 3 is 2.90 bits per heavy atom. The van der Waals surface area contributed by atoms with Gasteiger partial charge in [-0.25, -0.2) is 0 Å². The molecule has 2 heterocycles. The number of hydrogen-bond acceptors (Lipinski definition) is 2. The second kappa shape index (κ2) is 6.30. The van der Waals surface area contributed by atoms with E-state index in [0.717, 1.165) is 23.1 Å². The van der Waals surface area contributed by atoms with Gasteiger partial charge in [0.05, 0.1) is 6.54 Å². The van der Waals surface area contributed by atoms with Gasteiger partial charge in [0.1, 0.15) is 6.04 Å². The number of benzene rings is 1. The summed E-state index contributed by atoms with van der Waals surface area (Å²) in [6, 6.07) is 10.3. The SMILES string of the molecule is C[C@@H]1c2ccsc2CC[NH+]1CC(=O)Nc1ccc(Br)cc1. The van der Waals surface area contributed by atoms with Crippen LogP contribution < -0.4 is 10.2 Å². The second-order valence-electron chi connectivity index (χ2n) is 5.41. The van der Waals surface area contributed by atoms with Crippen molar-refractivity contribution < 1.29 is 9.69 Å². The van der Waals surface area contributed by atoms with Crippen LogP contribution in [0.25, 0.3) is 0 Å². The summed E-state index contributed by atoms with van der Waals surface area (Å²) in [4.78, 5) is 15.0. The predicted octanol–water partition coefficient (Wildman–Crippen LogP) is 2.65. The molecule has 0 aliphatic carbocycles. The maximum atomic E-state index is 12.2. The van der Waals surface area contributed by atoms with Crippen LogP contribution >= 0.6 is 27.3 Å². The third kappa shape index (κ3) is 3.36. The Morgan fingerprint density at radius 2 is 2.14 bits per heavy atom. The standard InChI is InChI=1S/C16H17BrN2OS/c1-11-14-7-9-21-15(14)6-8-19(11)10-16(20)18-13-4-2-12(17)3-5-13/h2-5,7,9,11H,6,8,10H2,1H3,(H,18,20)/p+1/t11-/m1/s1. The molecule has 0 fully saturated rings. The average Bonchev–Trinajstić information content (AvgIpc) is 2.94. The Morgan fingerprint density at radius 1 is 1.38 bits per heavy atom. The number of halogens is 1. The first-order valence-corrected chi connectivity index (χ1v) is 8.77. The largest absolute Gasteiger partial charge is 0.321 e. The first kappa shape index (κ1) is 14.8. The van der Waals surface area contributed by atoms with Gasteiger partial charge in [0.15, 0.2) is 6.54 Å². The van der Waals surface area contributed by atoms with E-state index in [-0.39, 0.29) is 5.91 Å². The molecule has 110 valence electrons. The molecule has 0 spiro atoms. The van der Waals surface area contributed by atoms with Gasteiger partial charge in [-0.3, -0.25) is 4.79 Å². The number of nitrogens with one attached hydrogen (secondary N) is 2. The molecule has 0 saturated carbocycles. The van der Waals surface area contributed by atoms with E-state index in [4.69, 9.17) is 0 Å². The van der Waals surface area contributed by atoms with Gasteiger partial charge in [0, 0.05) is 27.0 Å². The molecule has 0 saturated heterocycles. The number of anilines is 1. The fraction of sp³-hybridized carbons (Fsp3) is 0.312. The fourth-order valence-corrected chi connectivity index (χ4v) is 4.08. The summed E-state index contributed by atoms with van der Waals surface area (Å²) < 4.78 is 1.01. The van der Waals surface area contributed by atoms with Crippen LogP contribution in [-0.4, -0.2) is 19.0 Å². The van der Waals surface area contributed by atoms with E-state index in [9.17, 15) is 4.79 Å². The topological polar surface area (TPSA) is 33.5 Å². The average molecular weight is 366 g/mol. The zero-order chi connectivity index (χ0) is 14.8. The Bertz CT molecular complexity index is 638. The molecular weight excluding hydrogens is 348 g/mol. The summed E-state index contributed by atoms with van der Waals surface area (Å²) in [5.41, 5.74) is 2.26. The smallest absolute Gasteiger partial charge is 0.279 e. The Balaban J connectivity index is 1.62. The van der Waals surface area contributed by atoms with Crippen LogP contribution in [-0.2, 0) is 11.2 Å². The number of amides is 1. The lowest BCUT2D eigenvalue weighted by molar-refractivity contribution is -0.923. The van der Waals surface area contributed by atoms with Crippen molar-refractivity contribution in [3.63, 3.8) is 0 Å². The number of carbonyl (C=O) groups excluding carboxylic acids is 1. The zero-order valence-electron chi connectivity index (χ0n) is 11.9. The van der Waals surface area contributed by atoms with E-state index >= 15 is 0 Å². The highest BCUT2D eigenvalue weighted by molar-refractivity contribution is 9.10. The zero-order valence-corrected chi connectivity index (χ0v) is 14.3. The second-order valence-corrected chi connectivity index (χ2v) is 7.33. The molecule has 2 atom stereocenters. The molecule has 0 radical (unpaired) electrons. The van der Waals surface area contributed by atoms with Crippen LogP contribution in [0.3, 0.4) is 0 Å². The van der Waals surface area contributed by atoms with Crippen LogP contribution in [0.5, 0.6) is 0 Å². The minimum atomic E-state index is 0.0813. The summed E-state index contributed by atoms with van der Waals surface area (Å²) in [6.07, 6.45) is 1.08. The molecule has 1 aliphatic rings. The number of quaternary nitrogens is 1. The summed E-state index contributed by atoms with van der Waals surface area (Å²) in [5.74, 6) is 0.0813. The molecule has 1 aromatic heterocycles. The third-order valence-corrected chi connectivity index (χ3v) is 5.57. The molecule has 1 aliphatic heterocycles. The minimum Gasteiger partial charge on any atom is -0.321 e. The Labute approximate surface area is 137 Å². The quantitative estimate of drug-likeness (QED) is 0.861. The number of thiophene rings is 1. The van der Waals surface area contributed by atoms with Crippen LogP contribution in [0.1, 0.15) is 23.4 Å². The van der Waals surface area contributed by atoms with E-state index in [0.29, 0.717) is 12.6 Å². The lowest BCUT2D eigenvalue weighted by Crippen LogP contribution is -3.14. The van der Waals surface area contributed by atoms with E-state index in [1.54, 1.807) is 0 Å². The Hall–Kier alpha value is -1.17. The highest BCUT2D eigenvalue weighted by atomic mass is 79.9. The molecule has 1 unspecified atom stereocenters. The van der Waals surface area contributed by atoms with Crippen molar-refractivity contribution in [2.45, 2.75) is 19.4 Å². The molecule has 1 amide bonds. The van der Waals surface area contributed by atoms with Crippen LogP contribution in [0.15, 0.2) is 40.2 Å². The third-order valence-electron chi connectivity index (χ3n) is 4.05. The molecule has 2 N–H and O–H groups in total. The van der Waals surface area contributed by atoms with E-state index < -0.39 is 0 Å². The van der Waals surface area contributed by atoms with Crippen molar-refractivity contribution >= 4 is 38.9 Å². The molecule has 3 nitrogen and oxygen atoms in total. The van der Waals surface area contributed by atoms with Crippen molar-refractivity contribution in [1.82, 2.24) is 0 Å². The number of fused-ring (bicyclic) bond motifs is 1. The number of carbonyl (C=O) groups is 1. The van der Waals surface area contributed by atoms with Gasteiger partial charge in [-0.2, -0.15) is 0 Å². The fourth-order valence-electron chi connectivity index (χ4n) is 2.84. The van der Waals surface area contributed by atoms with Crippen molar-refractivity contribution in [3.05, 3.63) is 50.6 Å². The molecule has 21 heavy (non-hydrogen) atoms. The Kier molecular flexibility index (Phi) is 4.42. The normalized spacial score (nSPS) is 20.9. The molecule has 1 aromatic carbocycles. The molecular formula is C16H18BrN2OS+. The van der Waals surface area contributed by atoms with E-state index in [1.807, 2.05) is 35.6 Å². The summed E-state index contributed by atoms with van der Waals surface area (Å²) in [7, 11) is 0. The van der Waals surface area contributed by atoms with E-state index in [2.05, 4.69) is 39.6 Å². The maximum Gasteiger partial charge on any atom is 0.279 e. The van der Waals surface area contributed by atoms with Crippen molar-refractivity contribution in [3.8, 4) is 0 Å². The minimum absolute atomic E-state index is 0.0813. The molecule has 5 heteroatoms. The van der Waals surface area contributed by atoms with E-state index in [1.165, 1.54) is 15.3 Å². The van der Waals surface area contributed by atoms with Crippen LogP contribution in [0.4, 0.5) is 5.69 Å². The maximum absolute atomic E-state index is 12.2. The molecule has 3 rings (SSSR count). The van der Waals surface area contributed by atoms with Crippen molar-refractivity contribution in [2.75, 3.05) is 18.4 Å². The van der Waals surface area contributed by atoms with Gasteiger partial charge in [-0.05, 0) is 42.6 Å². The van der Waals surface area contributed by atoms with Gasteiger partial charge in [-0.15, -0.1) is 11.3 Å². The monoisotopic (exact) mass is 365 g/mol. The highest BCUT2D eigenvalue weighted by Gasteiger charge is 2.29. The van der Waals surface area contributed by atoms with Crippen LogP contribution in [0.2, 0.25) is 0 Å². The first-order valence-electron chi connectivity index (χ1n) is 7.10. The van der Waals surface area contributed by atoms with Gasteiger partial charge >= 0.3 is 0 Å². The van der Waals surface area contributed by atoms with Gasteiger partial charge in [0.25, 0.3) is 5.91 Å². The molecule has 0 bridgehead atoms. The van der Waals surface area contributed by atoms with Gasteiger partial charge < -0.3 is 10.2 Å². The summed E-state index contributed by atoms with van der Waals surface area (Å²) in [5, 5.41) is 5.14.